The fourth-order valence-electron chi connectivity index (χ4n) is 3.03. The molecular formula is C14H28N2O. The van der Waals surface area contributed by atoms with Gasteiger partial charge in [0, 0.05) is 30.7 Å². The fourth-order valence-corrected chi connectivity index (χ4v) is 3.03. The number of rotatable bonds is 6. The van der Waals surface area contributed by atoms with E-state index in [9.17, 15) is 5.11 Å². The lowest BCUT2D eigenvalue weighted by Crippen LogP contribution is -2.46. The molecule has 0 radical (unpaired) electrons. The van der Waals surface area contributed by atoms with Crippen molar-refractivity contribution in [1.82, 2.24) is 10.2 Å². The lowest BCUT2D eigenvalue weighted by Gasteiger charge is -2.39. The largest absolute Gasteiger partial charge is 0.395 e. The highest BCUT2D eigenvalue weighted by Gasteiger charge is 2.27. The average molecular weight is 240 g/mol. The van der Waals surface area contributed by atoms with Crippen molar-refractivity contribution in [1.29, 1.82) is 0 Å². The Bertz CT molecular complexity index is 220. The molecule has 2 rings (SSSR count). The number of nitrogens with zero attached hydrogens (tertiary/aromatic N) is 1. The van der Waals surface area contributed by atoms with Gasteiger partial charge in [-0.15, -0.1) is 0 Å². The topological polar surface area (TPSA) is 35.5 Å². The molecule has 0 spiro atoms. The monoisotopic (exact) mass is 240 g/mol. The van der Waals surface area contributed by atoms with Crippen LogP contribution in [-0.4, -0.2) is 47.3 Å². The van der Waals surface area contributed by atoms with Crippen LogP contribution in [0, 0.1) is 0 Å². The predicted molar refractivity (Wildman–Crippen MR) is 71.1 cm³/mol. The van der Waals surface area contributed by atoms with Crippen molar-refractivity contribution >= 4 is 0 Å². The van der Waals surface area contributed by atoms with Crippen LogP contribution in [0.5, 0.6) is 0 Å². The Kier molecular flexibility index (Phi) is 4.83. The molecule has 1 saturated heterocycles. The van der Waals surface area contributed by atoms with Crippen molar-refractivity contribution in [3.8, 4) is 0 Å². The quantitative estimate of drug-likeness (QED) is 0.742. The van der Waals surface area contributed by atoms with E-state index in [1.165, 1.54) is 32.1 Å². The van der Waals surface area contributed by atoms with Crippen molar-refractivity contribution in [2.45, 2.75) is 76.5 Å². The molecule has 1 aliphatic carbocycles. The van der Waals surface area contributed by atoms with Crippen LogP contribution >= 0.6 is 0 Å². The lowest BCUT2D eigenvalue weighted by atomic mass is 9.97. The van der Waals surface area contributed by atoms with Crippen molar-refractivity contribution in [3.63, 3.8) is 0 Å². The maximum Gasteiger partial charge on any atom is 0.0585 e. The molecule has 17 heavy (non-hydrogen) atoms. The van der Waals surface area contributed by atoms with Crippen molar-refractivity contribution in [2.75, 3.05) is 13.2 Å². The Morgan fingerprint density at radius 1 is 1.18 bits per heavy atom. The third-order valence-corrected chi connectivity index (χ3v) is 4.38. The molecule has 0 aromatic carbocycles. The third kappa shape index (κ3) is 3.94. The Labute approximate surface area is 106 Å². The van der Waals surface area contributed by atoms with Gasteiger partial charge in [-0.1, -0.05) is 6.42 Å². The molecule has 1 heterocycles. The summed E-state index contributed by atoms with van der Waals surface area (Å²) < 4.78 is 0. The molecule has 0 bridgehead atoms. The van der Waals surface area contributed by atoms with E-state index in [1.807, 2.05) is 0 Å². The molecule has 3 heteroatoms. The molecule has 3 atom stereocenters. The van der Waals surface area contributed by atoms with Gasteiger partial charge in [-0.05, 0) is 46.0 Å². The smallest absolute Gasteiger partial charge is 0.0585 e. The predicted octanol–water partition coefficient (Wildman–Crippen LogP) is 1.75. The van der Waals surface area contributed by atoms with Crippen LogP contribution in [0.25, 0.3) is 0 Å². The van der Waals surface area contributed by atoms with E-state index >= 15 is 0 Å². The maximum absolute atomic E-state index is 9.38. The minimum Gasteiger partial charge on any atom is -0.395 e. The normalized spacial score (nSPS) is 32.6. The number of aliphatic hydroxyl groups is 1. The van der Waals surface area contributed by atoms with Gasteiger partial charge in [-0.3, -0.25) is 4.90 Å². The molecule has 2 fully saturated rings. The van der Waals surface area contributed by atoms with Gasteiger partial charge in [0.25, 0.3) is 0 Å². The summed E-state index contributed by atoms with van der Waals surface area (Å²) in [5.41, 5.74) is 0. The second-order valence-electron chi connectivity index (χ2n) is 5.98. The first kappa shape index (κ1) is 13.3. The zero-order valence-electron chi connectivity index (χ0n) is 11.4. The highest BCUT2D eigenvalue weighted by molar-refractivity contribution is 4.86. The zero-order chi connectivity index (χ0) is 12.3. The highest BCUT2D eigenvalue weighted by Crippen LogP contribution is 2.23. The summed E-state index contributed by atoms with van der Waals surface area (Å²) in [7, 11) is 0. The maximum atomic E-state index is 9.38. The Morgan fingerprint density at radius 3 is 2.35 bits per heavy atom. The average Bonchev–Trinajstić information content (AvgIpc) is 3.10. The molecule has 2 aliphatic rings. The van der Waals surface area contributed by atoms with Gasteiger partial charge in [0.15, 0.2) is 0 Å². The van der Waals surface area contributed by atoms with Crippen LogP contribution in [-0.2, 0) is 0 Å². The molecule has 3 nitrogen and oxygen atoms in total. The highest BCUT2D eigenvalue weighted by atomic mass is 16.3. The summed E-state index contributed by atoms with van der Waals surface area (Å²) in [5.74, 6) is 0. The van der Waals surface area contributed by atoms with Gasteiger partial charge >= 0.3 is 0 Å². The van der Waals surface area contributed by atoms with Crippen LogP contribution in [0.3, 0.4) is 0 Å². The number of hydrogen-bond acceptors (Lipinski definition) is 3. The van der Waals surface area contributed by atoms with Gasteiger partial charge in [-0.2, -0.15) is 0 Å². The summed E-state index contributed by atoms with van der Waals surface area (Å²) in [4.78, 5) is 2.63. The summed E-state index contributed by atoms with van der Waals surface area (Å²) >= 11 is 0. The fraction of sp³-hybridized carbons (Fsp3) is 1.00. The van der Waals surface area contributed by atoms with Gasteiger partial charge in [-0.25, -0.2) is 0 Å². The molecule has 0 amide bonds. The van der Waals surface area contributed by atoms with Crippen molar-refractivity contribution in [3.05, 3.63) is 0 Å². The van der Waals surface area contributed by atoms with E-state index in [2.05, 4.69) is 24.1 Å². The van der Waals surface area contributed by atoms with Crippen molar-refractivity contribution in [2.24, 2.45) is 0 Å². The minimum atomic E-state index is 0.285. The summed E-state index contributed by atoms with van der Waals surface area (Å²) in [6.45, 7) is 6.11. The second-order valence-corrected chi connectivity index (χ2v) is 5.98. The van der Waals surface area contributed by atoms with E-state index in [1.54, 1.807) is 0 Å². The Hall–Kier alpha value is -0.120. The van der Waals surface area contributed by atoms with E-state index < -0.39 is 0 Å². The molecule has 1 unspecified atom stereocenters. The van der Waals surface area contributed by atoms with E-state index in [0.717, 1.165) is 25.0 Å². The van der Waals surface area contributed by atoms with Crippen LogP contribution in [0.2, 0.25) is 0 Å². The van der Waals surface area contributed by atoms with Gasteiger partial charge in [0.05, 0.1) is 6.61 Å². The van der Waals surface area contributed by atoms with Crippen LogP contribution < -0.4 is 5.32 Å². The van der Waals surface area contributed by atoms with Gasteiger partial charge in [0.2, 0.25) is 0 Å². The van der Waals surface area contributed by atoms with Crippen molar-refractivity contribution < 1.29 is 5.11 Å². The molecular weight excluding hydrogens is 212 g/mol. The number of hydrogen-bond donors (Lipinski definition) is 2. The molecule has 0 aromatic rings. The minimum absolute atomic E-state index is 0.285. The third-order valence-electron chi connectivity index (χ3n) is 4.38. The first-order chi connectivity index (χ1) is 8.20. The van der Waals surface area contributed by atoms with Crippen LogP contribution in [0.15, 0.2) is 0 Å². The molecule has 2 N–H and O–H groups in total. The number of likely N-dealkylation sites (tertiary alicyclic amines) is 1. The van der Waals surface area contributed by atoms with Gasteiger partial charge in [0.1, 0.15) is 0 Å². The molecule has 100 valence electrons. The second kappa shape index (κ2) is 6.17. The summed E-state index contributed by atoms with van der Waals surface area (Å²) in [6, 6.07) is 2.45. The van der Waals surface area contributed by atoms with Crippen LogP contribution in [0.1, 0.15) is 52.4 Å². The SMILES string of the molecule is C[C@@H]1CCC[C@H](C)N1CCC(CO)NC1CC1. The van der Waals surface area contributed by atoms with E-state index in [-0.39, 0.29) is 6.61 Å². The first-order valence-electron chi connectivity index (χ1n) is 7.33. The summed E-state index contributed by atoms with van der Waals surface area (Å²) in [6.07, 6.45) is 7.73. The summed E-state index contributed by atoms with van der Waals surface area (Å²) in [5, 5.41) is 12.9. The Morgan fingerprint density at radius 2 is 1.82 bits per heavy atom. The first-order valence-corrected chi connectivity index (χ1v) is 7.33. The molecule has 1 saturated carbocycles. The Balaban J connectivity index is 1.73. The number of piperidine rings is 1. The van der Waals surface area contributed by atoms with E-state index in [0.29, 0.717) is 12.1 Å². The number of aliphatic hydroxyl groups excluding tert-OH is 1. The van der Waals surface area contributed by atoms with Crippen LogP contribution in [0.4, 0.5) is 0 Å². The number of nitrogens with one attached hydrogen (secondary N) is 1. The standard InChI is InChI=1S/C14H28N2O/c1-11-4-3-5-12(2)16(11)9-8-14(10-17)15-13-6-7-13/h11-15,17H,3-10H2,1-2H3/t11-,12+,14?. The van der Waals surface area contributed by atoms with Gasteiger partial charge < -0.3 is 10.4 Å². The zero-order valence-corrected chi connectivity index (χ0v) is 11.4. The van der Waals surface area contributed by atoms with E-state index in [4.69, 9.17) is 0 Å². The lowest BCUT2D eigenvalue weighted by molar-refractivity contribution is 0.0932. The molecule has 0 aromatic heterocycles. The molecule has 1 aliphatic heterocycles.